The Bertz CT molecular complexity index is 826. The van der Waals surface area contributed by atoms with Crippen LogP contribution in [-0.2, 0) is 16.6 Å². The fourth-order valence-electron chi connectivity index (χ4n) is 4.17. The number of aliphatic imine (C=N–C) groups is 1. The predicted octanol–water partition coefficient (Wildman–Crippen LogP) is 3.02. The van der Waals surface area contributed by atoms with Crippen LogP contribution in [0.25, 0.3) is 0 Å². The van der Waals surface area contributed by atoms with Crippen LogP contribution in [0.1, 0.15) is 49.7 Å². The molecule has 1 heterocycles. The maximum atomic E-state index is 11.9. The van der Waals surface area contributed by atoms with Gasteiger partial charge in [0.25, 0.3) is 0 Å². The molecule has 2 N–H and O–H groups in total. The van der Waals surface area contributed by atoms with E-state index < -0.39 is 10.0 Å². The van der Waals surface area contributed by atoms with Crippen LogP contribution in [0.15, 0.2) is 23.2 Å². The first-order valence-corrected chi connectivity index (χ1v) is 12.4. The van der Waals surface area contributed by atoms with Crippen molar-refractivity contribution in [2.24, 2.45) is 4.99 Å². The summed E-state index contributed by atoms with van der Waals surface area (Å²) >= 11 is 0. The molecule has 170 valence electrons. The lowest BCUT2D eigenvalue weighted by Crippen LogP contribution is -2.46. The number of ether oxygens (including phenoxy) is 1. The van der Waals surface area contributed by atoms with Gasteiger partial charge in [0.15, 0.2) is 5.96 Å². The number of nitrogens with zero attached hydrogens (tertiary/aromatic N) is 2. The van der Waals surface area contributed by atoms with Crippen LogP contribution < -0.4 is 15.4 Å². The summed E-state index contributed by atoms with van der Waals surface area (Å²) in [6.07, 6.45) is 8.10. The Labute approximate surface area is 198 Å². The van der Waals surface area contributed by atoms with Crippen LogP contribution in [0.3, 0.4) is 0 Å². The Hall–Kier alpha value is -1.07. The monoisotopic (exact) mass is 550 g/mol. The largest absolute Gasteiger partial charge is 0.490 e. The third-order valence-electron chi connectivity index (χ3n) is 5.74. The van der Waals surface area contributed by atoms with Crippen LogP contribution in [0.2, 0.25) is 0 Å². The maximum absolute atomic E-state index is 11.9. The molecule has 7 nitrogen and oxygen atoms in total. The Morgan fingerprint density at radius 1 is 1.20 bits per heavy atom. The van der Waals surface area contributed by atoms with E-state index in [1.807, 2.05) is 0 Å². The molecule has 1 aromatic rings. The minimum absolute atomic E-state index is 0. The summed E-state index contributed by atoms with van der Waals surface area (Å²) in [6.45, 7) is 3.82. The van der Waals surface area contributed by atoms with Gasteiger partial charge in [-0.25, -0.2) is 8.42 Å². The van der Waals surface area contributed by atoms with Crippen molar-refractivity contribution in [2.45, 2.75) is 64.1 Å². The molecule has 9 heteroatoms. The Morgan fingerprint density at radius 3 is 2.60 bits per heavy atom. The minimum Gasteiger partial charge on any atom is -0.490 e. The summed E-state index contributed by atoms with van der Waals surface area (Å²) in [7, 11) is -1.44. The van der Waals surface area contributed by atoms with E-state index in [9.17, 15) is 8.42 Å². The lowest BCUT2D eigenvalue weighted by molar-refractivity contribution is 0.207. The number of nitrogens with one attached hydrogen (secondary N) is 2. The second kappa shape index (κ2) is 11.5. The van der Waals surface area contributed by atoms with E-state index in [2.05, 4.69) is 40.7 Å². The van der Waals surface area contributed by atoms with Crippen LogP contribution in [0, 0.1) is 6.92 Å². The Kier molecular flexibility index (Phi) is 9.67. The van der Waals surface area contributed by atoms with E-state index >= 15 is 0 Å². The van der Waals surface area contributed by atoms with Gasteiger partial charge in [-0.15, -0.1) is 24.0 Å². The van der Waals surface area contributed by atoms with Crippen molar-refractivity contribution in [2.75, 3.05) is 26.4 Å². The van der Waals surface area contributed by atoms with Crippen molar-refractivity contribution in [1.82, 2.24) is 14.9 Å². The van der Waals surface area contributed by atoms with E-state index in [4.69, 9.17) is 4.74 Å². The van der Waals surface area contributed by atoms with E-state index in [-0.39, 0.29) is 30.0 Å². The number of hydrogen-bond acceptors (Lipinski definition) is 4. The second-order valence-electron chi connectivity index (χ2n) is 8.11. The molecule has 0 unspecified atom stereocenters. The zero-order valence-corrected chi connectivity index (χ0v) is 21.3. The van der Waals surface area contributed by atoms with Crippen molar-refractivity contribution in [1.29, 1.82) is 0 Å². The fourth-order valence-corrected chi connectivity index (χ4v) is 5.35. The summed E-state index contributed by atoms with van der Waals surface area (Å²) < 4.78 is 31.7. The van der Waals surface area contributed by atoms with Gasteiger partial charge >= 0.3 is 0 Å². The van der Waals surface area contributed by atoms with Crippen molar-refractivity contribution >= 4 is 40.0 Å². The van der Waals surface area contributed by atoms with Gasteiger partial charge < -0.3 is 15.4 Å². The lowest BCUT2D eigenvalue weighted by atomic mass is 10.1. The number of sulfonamides is 1. The smallest absolute Gasteiger partial charge is 0.211 e. The average molecular weight is 551 g/mol. The highest BCUT2D eigenvalue weighted by molar-refractivity contribution is 14.0. The minimum atomic E-state index is -3.17. The molecule has 30 heavy (non-hydrogen) atoms. The summed E-state index contributed by atoms with van der Waals surface area (Å²) in [4.78, 5) is 4.29. The molecule has 1 saturated heterocycles. The normalized spacial score (nSPS) is 20.8. The molecule has 1 aliphatic heterocycles. The average Bonchev–Trinajstić information content (AvgIpc) is 3.34. The highest BCUT2D eigenvalue weighted by Crippen LogP contribution is 2.27. The SMILES string of the molecule is CN=C(NCc1ccc(C)cc1OC1CCCC1)NC[C@H]1CCCN1S(C)(=O)=O.I. The molecule has 2 aliphatic rings. The first-order chi connectivity index (χ1) is 13.9. The Balaban J connectivity index is 0.00000320. The standard InChI is InChI=1S/C21H34N4O3S.HI/c1-16-10-11-17(20(13-16)28-19-8-4-5-9-19)14-23-21(22-2)24-15-18-7-6-12-25(18)29(3,26)27;/h10-11,13,18-19H,4-9,12,14-15H2,1-3H3,(H2,22,23,24);1H/t18-;/m1./s1. The number of benzene rings is 1. The summed E-state index contributed by atoms with van der Waals surface area (Å²) in [6, 6.07) is 6.28. The first kappa shape index (κ1) is 25.2. The van der Waals surface area contributed by atoms with Gasteiger partial charge in [-0.3, -0.25) is 4.99 Å². The van der Waals surface area contributed by atoms with E-state index in [0.717, 1.165) is 37.0 Å². The van der Waals surface area contributed by atoms with Crippen LogP contribution in [0.4, 0.5) is 0 Å². The summed E-state index contributed by atoms with van der Waals surface area (Å²) in [5.74, 6) is 1.61. The van der Waals surface area contributed by atoms with Crippen molar-refractivity contribution < 1.29 is 13.2 Å². The van der Waals surface area contributed by atoms with Crippen LogP contribution >= 0.6 is 24.0 Å². The number of aryl methyl sites for hydroxylation is 1. The van der Waals surface area contributed by atoms with Crippen molar-refractivity contribution in [3.63, 3.8) is 0 Å². The first-order valence-electron chi connectivity index (χ1n) is 10.5. The number of guanidine groups is 1. The summed E-state index contributed by atoms with van der Waals surface area (Å²) in [5.41, 5.74) is 2.29. The zero-order valence-electron chi connectivity index (χ0n) is 18.2. The van der Waals surface area contributed by atoms with Gasteiger partial charge in [-0.05, 0) is 57.1 Å². The number of hydrogen-bond donors (Lipinski definition) is 2. The highest BCUT2D eigenvalue weighted by atomic mass is 127. The highest BCUT2D eigenvalue weighted by Gasteiger charge is 2.31. The Morgan fingerprint density at radius 2 is 1.93 bits per heavy atom. The van der Waals surface area contributed by atoms with E-state index in [0.29, 0.717) is 31.7 Å². The van der Waals surface area contributed by atoms with Gasteiger partial charge in [0, 0.05) is 38.3 Å². The van der Waals surface area contributed by atoms with Gasteiger partial charge in [0.05, 0.1) is 12.4 Å². The third kappa shape index (κ3) is 6.98. The van der Waals surface area contributed by atoms with Gasteiger partial charge in [0.1, 0.15) is 5.75 Å². The van der Waals surface area contributed by atoms with E-state index in [1.54, 1.807) is 11.4 Å². The zero-order chi connectivity index (χ0) is 20.9. The lowest BCUT2D eigenvalue weighted by Gasteiger charge is -2.23. The maximum Gasteiger partial charge on any atom is 0.211 e. The molecule has 1 saturated carbocycles. The molecular formula is C21H35IN4O3S. The molecule has 3 rings (SSSR count). The number of rotatable bonds is 7. The molecule has 0 aromatic heterocycles. The fraction of sp³-hybridized carbons (Fsp3) is 0.667. The predicted molar refractivity (Wildman–Crippen MR) is 132 cm³/mol. The van der Waals surface area contributed by atoms with Gasteiger partial charge in [0.2, 0.25) is 10.0 Å². The molecular weight excluding hydrogens is 515 g/mol. The number of halogens is 1. The molecule has 0 radical (unpaired) electrons. The van der Waals surface area contributed by atoms with Gasteiger partial charge in [-0.1, -0.05) is 12.1 Å². The van der Waals surface area contributed by atoms with Crippen molar-refractivity contribution in [3.8, 4) is 5.75 Å². The molecule has 2 fully saturated rings. The second-order valence-corrected chi connectivity index (χ2v) is 10.0. The third-order valence-corrected chi connectivity index (χ3v) is 7.08. The molecule has 1 atom stereocenters. The summed E-state index contributed by atoms with van der Waals surface area (Å²) in [5, 5.41) is 6.62. The molecule has 0 amide bonds. The molecule has 0 bridgehead atoms. The van der Waals surface area contributed by atoms with Crippen LogP contribution in [-0.4, -0.2) is 57.2 Å². The molecule has 1 aliphatic carbocycles. The van der Waals surface area contributed by atoms with Crippen molar-refractivity contribution in [3.05, 3.63) is 29.3 Å². The molecule has 1 aromatic carbocycles. The molecule has 0 spiro atoms. The topological polar surface area (TPSA) is 83.0 Å². The van der Waals surface area contributed by atoms with E-state index in [1.165, 1.54) is 24.7 Å². The van der Waals surface area contributed by atoms with Gasteiger partial charge in [-0.2, -0.15) is 4.31 Å². The van der Waals surface area contributed by atoms with Crippen LogP contribution in [0.5, 0.6) is 5.75 Å². The quantitative estimate of drug-likeness (QED) is 0.310.